The van der Waals surface area contributed by atoms with Gasteiger partial charge in [0.1, 0.15) is 13.0 Å². The maximum atomic E-state index is 12.4. The molecule has 1 amide bonds. The molecule has 6 nitrogen and oxygen atoms in total. The number of ether oxygens (including phenoxy) is 1. The normalized spacial score (nSPS) is 12.1. The number of ketones is 1. The zero-order chi connectivity index (χ0) is 20.3. The third-order valence-corrected chi connectivity index (χ3v) is 5.00. The lowest BCUT2D eigenvalue weighted by Crippen LogP contribution is -2.39. The second-order valence-corrected chi connectivity index (χ2v) is 8.21. The first kappa shape index (κ1) is 26.3. The molecule has 0 rings (SSSR count). The summed E-state index contributed by atoms with van der Waals surface area (Å²) in [5.41, 5.74) is 0. The molecule has 0 aliphatic heterocycles. The fraction of sp³-hybridized carbons (Fsp3) is 0.900. The maximum Gasteiger partial charge on any atom is 0.292 e. The van der Waals surface area contributed by atoms with Crippen LogP contribution in [-0.2, 0) is 18.9 Å². The van der Waals surface area contributed by atoms with E-state index < -0.39 is 26.3 Å². The Morgan fingerprint density at radius 1 is 0.815 bits per heavy atom. The minimum absolute atomic E-state index is 0.376. The summed E-state index contributed by atoms with van der Waals surface area (Å²) >= 11 is 0. The maximum absolute atomic E-state index is 12.4. The first-order valence-electron chi connectivity index (χ1n) is 10.6. The minimum atomic E-state index is -2.77. The summed E-state index contributed by atoms with van der Waals surface area (Å²) in [4.78, 5) is 34.8. The lowest BCUT2D eigenvalue weighted by Gasteiger charge is -2.22. The molecule has 0 heterocycles. The highest BCUT2D eigenvalue weighted by molar-refractivity contribution is 7.37. The average molecular weight is 406 g/mol. The van der Waals surface area contributed by atoms with Gasteiger partial charge in [0.25, 0.3) is 5.91 Å². The molecule has 27 heavy (non-hydrogen) atoms. The molecular weight excluding hydrogens is 365 g/mol. The number of Topliss-reactive ketones (excluding diaryl/α,β-unsaturated/α-hetero) is 1. The Balaban J connectivity index is 4.31. The molecule has 0 aromatic carbocycles. The molecule has 0 fully saturated rings. The van der Waals surface area contributed by atoms with Crippen molar-refractivity contribution in [2.75, 3.05) is 26.0 Å². The smallest absolute Gasteiger partial charge is 0.292 e. The number of carbonyl (C=O) groups is 2. The van der Waals surface area contributed by atoms with Crippen molar-refractivity contribution in [2.45, 2.75) is 90.9 Å². The van der Waals surface area contributed by atoms with Crippen LogP contribution in [0.5, 0.6) is 0 Å². The molecule has 0 aliphatic carbocycles. The van der Waals surface area contributed by atoms with Gasteiger partial charge < -0.3 is 14.5 Å². The van der Waals surface area contributed by atoms with E-state index in [4.69, 9.17) is 9.63 Å². The zero-order valence-electron chi connectivity index (χ0n) is 17.3. The Hall–Kier alpha value is -0.710. The van der Waals surface area contributed by atoms with Gasteiger partial charge in [-0.05, 0) is 12.8 Å². The van der Waals surface area contributed by atoms with Crippen molar-refractivity contribution in [1.29, 1.82) is 0 Å². The molecule has 0 saturated heterocycles. The van der Waals surface area contributed by atoms with Crippen molar-refractivity contribution in [1.82, 2.24) is 4.90 Å². The van der Waals surface area contributed by atoms with Gasteiger partial charge in [-0.1, -0.05) is 78.1 Å². The van der Waals surface area contributed by atoms with Gasteiger partial charge in [-0.2, -0.15) is 0 Å². The van der Waals surface area contributed by atoms with Crippen LogP contribution in [-0.4, -0.2) is 47.5 Å². The van der Waals surface area contributed by atoms with E-state index in [1.54, 1.807) is 4.90 Å². The van der Waals surface area contributed by atoms with Gasteiger partial charge in [-0.25, -0.2) is 0 Å². The molecule has 0 aliphatic rings. The number of carbonyl (C=O) groups excluding carboxylic acids is 2. The van der Waals surface area contributed by atoms with Gasteiger partial charge >= 0.3 is 0 Å². The molecule has 0 aromatic rings. The van der Waals surface area contributed by atoms with Crippen LogP contribution in [0, 0.1) is 0 Å². The van der Waals surface area contributed by atoms with Crippen molar-refractivity contribution in [3.8, 4) is 0 Å². The Bertz CT molecular complexity index is 401. The van der Waals surface area contributed by atoms with E-state index in [2.05, 4.69) is 13.8 Å². The molecule has 0 spiro atoms. The minimum Gasteiger partial charge on any atom is -0.363 e. The quantitative estimate of drug-likeness (QED) is 0.194. The summed E-state index contributed by atoms with van der Waals surface area (Å²) in [7, 11) is -2.77. The molecule has 1 atom stereocenters. The van der Waals surface area contributed by atoms with Crippen LogP contribution in [0.3, 0.4) is 0 Å². The van der Waals surface area contributed by atoms with E-state index in [9.17, 15) is 14.2 Å². The van der Waals surface area contributed by atoms with E-state index >= 15 is 0 Å². The fourth-order valence-corrected chi connectivity index (χ4v) is 3.23. The summed E-state index contributed by atoms with van der Waals surface area (Å²) in [5, 5.41) is 0. The molecule has 7 heteroatoms. The Kier molecular flexibility index (Phi) is 18.2. The number of rotatable bonds is 19. The first-order valence-corrected chi connectivity index (χ1v) is 12.2. The monoisotopic (exact) mass is 405 g/mol. The highest BCUT2D eigenvalue weighted by Crippen LogP contribution is 2.12. The summed E-state index contributed by atoms with van der Waals surface area (Å²) in [6, 6.07) is 0. The van der Waals surface area contributed by atoms with Gasteiger partial charge in [0.05, 0.1) is 0 Å². The van der Waals surface area contributed by atoms with Crippen molar-refractivity contribution in [3.05, 3.63) is 0 Å². The lowest BCUT2D eigenvalue weighted by atomic mass is 10.1. The second kappa shape index (κ2) is 18.6. The number of unbranched alkanes of at least 4 members (excludes halogenated alkanes) is 10. The van der Waals surface area contributed by atoms with Gasteiger partial charge in [-0.3, -0.25) is 14.2 Å². The van der Waals surface area contributed by atoms with E-state index in [0.717, 1.165) is 38.5 Å². The van der Waals surface area contributed by atoms with E-state index in [0.29, 0.717) is 13.1 Å². The zero-order valence-corrected chi connectivity index (χ0v) is 18.3. The fourth-order valence-electron chi connectivity index (χ4n) is 2.95. The predicted octanol–water partition coefficient (Wildman–Crippen LogP) is 4.55. The van der Waals surface area contributed by atoms with Crippen LogP contribution < -0.4 is 0 Å². The summed E-state index contributed by atoms with van der Waals surface area (Å²) in [5.74, 6) is -1.15. The number of amides is 1. The van der Waals surface area contributed by atoms with Gasteiger partial charge in [-0.15, -0.1) is 0 Å². The summed E-state index contributed by atoms with van der Waals surface area (Å²) in [6.07, 6.45) is 13.2. The molecule has 1 N–H and O–H groups in total. The lowest BCUT2D eigenvalue weighted by molar-refractivity contribution is -0.146. The molecule has 160 valence electrons. The first-order chi connectivity index (χ1) is 13.0. The summed E-state index contributed by atoms with van der Waals surface area (Å²) < 4.78 is 15.5. The number of nitrogens with zero attached hydrogens (tertiary/aromatic N) is 1. The third kappa shape index (κ3) is 16.0. The molecule has 0 bridgehead atoms. The molecule has 0 radical (unpaired) electrons. The number of hydrogen-bond donors (Lipinski definition) is 1. The Morgan fingerprint density at radius 3 is 1.70 bits per heavy atom. The van der Waals surface area contributed by atoms with Crippen LogP contribution in [0.25, 0.3) is 0 Å². The van der Waals surface area contributed by atoms with Crippen molar-refractivity contribution < 1.29 is 23.8 Å². The van der Waals surface area contributed by atoms with Crippen LogP contribution in [0.4, 0.5) is 0 Å². The standard InChI is InChI=1S/C20H40NO5P/c1-3-5-7-9-11-13-15-21(16-14-12-10-8-6-4-2)20(23)19(22)17-26-18-27(24)25/h27H,3-18H2,1-2H3,(H,24,25). The second-order valence-electron chi connectivity index (χ2n) is 7.14. The Morgan fingerprint density at radius 2 is 1.26 bits per heavy atom. The van der Waals surface area contributed by atoms with Crippen LogP contribution in [0.2, 0.25) is 0 Å². The predicted molar refractivity (Wildman–Crippen MR) is 110 cm³/mol. The van der Waals surface area contributed by atoms with Gasteiger partial charge in [0.2, 0.25) is 13.8 Å². The van der Waals surface area contributed by atoms with Gasteiger partial charge in [0.15, 0.2) is 0 Å². The van der Waals surface area contributed by atoms with Crippen LogP contribution in [0.15, 0.2) is 0 Å². The molecule has 0 saturated carbocycles. The van der Waals surface area contributed by atoms with E-state index in [-0.39, 0.29) is 6.35 Å². The van der Waals surface area contributed by atoms with Crippen molar-refractivity contribution >= 4 is 19.7 Å². The van der Waals surface area contributed by atoms with Crippen molar-refractivity contribution in [3.63, 3.8) is 0 Å². The van der Waals surface area contributed by atoms with Gasteiger partial charge in [0, 0.05) is 13.1 Å². The average Bonchev–Trinajstić information content (AvgIpc) is 2.64. The third-order valence-electron chi connectivity index (χ3n) is 4.55. The largest absolute Gasteiger partial charge is 0.363 e. The van der Waals surface area contributed by atoms with E-state index in [1.165, 1.54) is 38.5 Å². The number of hydrogen-bond acceptors (Lipinski definition) is 4. The highest BCUT2D eigenvalue weighted by atomic mass is 31.1. The summed E-state index contributed by atoms with van der Waals surface area (Å²) in [6.45, 7) is 5.15. The van der Waals surface area contributed by atoms with Crippen molar-refractivity contribution in [2.24, 2.45) is 0 Å². The molecule has 1 unspecified atom stereocenters. The molecular formula is C20H40NO5P. The SMILES string of the molecule is CCCCCCCCN(CCCCCCCC)C(=O)C(=O)COC[PH](=O)O. The van der Waals surface area contributed by atoms with Crippen LogP contribution in [0.1, 0.15) is 90.9 Å². The van der Waals surface area contributed by atoms with E-state index in [1.807, 2.05) is 0 Å². The highest BCUT2D eigenvalue weighted by Gasteiger charge is 2.21. The van der Waals surface area contributed by atoms with Crippen LogP contribution >= 0.6 is 8.03 Å². The topological polar surface area (TPSA) is 83.9 Å². The molecule has 0 aromatic heterocycles. The Labute approximate surface area is 165 Å².